The normalized spacial score (nSPS) is 10.6. The molecule has 0 aliphatic rings. The number of aromatic nitrogens is 4. The Morgan fingerprint density at radius 2 is 1.70 bits per heavy atom. The summed E-state index contributed by atoms with van der Waals surface area (Å²) in [4.78, 5) is 20.2. The second kappa shape index (κ2) is 12.5. The van der Waals surface area contributed by atoms with Gasteiger partial charge in [0.15, 0.2) is 0 Å². The zero-order valence-electron chi connectivity index (χ0n) is 24.8. The van der Waals surface area contributed by atoms with Crippen molar-refractivity contribution in [2.24, 2.45) is 0 Å². The predicted octanol–water partition coefficient (Wildman–Crippen LogP) is 6.11. The van der Waals surface area contributed by atoms with Crippen LogP contribution in [0.5, 0.6) is 28.9 Å². The molecule has 1 N–H and O–H groups in total. The molecule has 0 aliphatic carbocycles. The highest BCUT2D eigenvalue weighted by molar-refractivity contribution is 5.95. The maximum atomic E-state index is 9.40. The molecule has 5 aromatic rings. The summed E-state index contributed by atoms with van der Waals surface area (Å²) in [6.45, 7) is 4.30. The van der Waals surface area contributed by atoms with Crippen LogP contribution in [-0.4, -0.2) is 48.3 Å². The fraction of sp³-hybridized carbons (Fsp3) is 0.219. The summed E-state index contributed by atoms with van der Waals surface area (Å²) < 4.78 is 23.1. The first-order chi connectivity index (χ1) is 20.9. The average molecular weight is 578 g/mol. The number of pyridine rings is 2. The van der Waals surface area contributed by atoms with Crippen molar-refractivity contribution >= 4 is 28.4 Å². The highest BCUT2D eigenvalue weighted by Gasteiger charge is 2.20. The largest absolute Gasteiger partial charge is 0.497 e. The molecule has 0 spiro atoms. The average Bonchev–Trinajstić information content (AvgIpc) is 3.04. The molecule has 3 aromatic heterocycles. The van der Waals surface area contributed by atoms with E-state index in [1.165, 1.54) is 6.33 Å². The number of nitrogens with zero attached hydrogens (tertiary/aromatic N) is 6. The Morgan fingerprint density at radius 1 is 0.884 bits per heavy atom. The minimum atomic E-state index is 0.292. The van der Waals surface area contributed by atoms with E-state index in [9.17, 15) is 5.26 Å². The van der Waals surface area contributed by atoms with E-state index in [0.717, 1.165) is 16.7 Å². The lowest BCUT2D eigenvalue weighted by Gasteiger charge is -2.21. The molecule has 0 unspecified atom stereocenters. The third-order valence-electron chi connectivity index (χ3n) is 7.05. The number of rotatable bonds is 10. The Kier molecular flexibility index (Phi) is 8.39. The van der Waals surface area contributed by atoms with Gasteiger partial charge in [0.05, 0.1) is 38.5 Å². The topological polar surface area (TPSA) is 128 Å². The van der Waals surface area contributed by atoms with Crippen molar-refractivity contribution in [2.75, 3.05) is 38.6 Å². The van der Waals surface area contributed by atoms with Gasteiger partial charge in [-0.15, -0.1) is 0 Å². The zero-order chi connectivity index (χ0) is 30.5. The van der Waals surface area contributed by atoms with Gasteiger partial charge >= 0.3 is 0 Å². The first-order valence-corrected chi connectivity index (χ1v) is 13.4. The van der Waals surface area contributed by atoms with E-state index in [1.807, 2.05) is 57.3 Å². The predicted molar refractivity (Wildman–Crippen MR) is 164 cm³/mol. The number of aryl methyl sites for hydroxylation is 1. The van der Waals surface area contributed by atoms with Crippen LogP contribution in [-0.2, 0) is 6.54 Å². The van der Waals surface area contributed by atoms with E-state index in [0.29, 0.717) is 69.3 Å². The van der Waals surface area contributed by atoms with Crippen LogP contribution in [0.2, 0.25) is 0 Å². The van der Waals surface area contributed by atoms with Crippen molar-refractivity contribution in [3.8, 4) is 34.9 Å². The number of methoxy groups -OCH3 is 3. The van der Waals surface area contributed by atoms with Gasteiger partial charge in [-0.3, -0.25) is 0 Å². The van der Waals surface area contributed by atoms with E-state index in [-0.39, 0.29) is 0 Å². The summed E-state index contributed by atoms with van der Waals surface area (Å²) in [6, 6.07) is 16.8. The maximum Gasteiger partial charge on any atom is 0.234 e. The molecule has 0 aliphatic heterocycles. The van der Waals surface area contributed by atoms with Crippen molar-refractivity contribution < 1.29 is 18.9 Å². The Hall–Kier alpha value is -5.63. The van der Waals surface area contributed by atoms with E-state index < -0.39 is 0 Å². The minimum absolute atomic E-state index is 0.292. The molecule has 43 heavy (non-hydrogen) atoms. The molecule has 218 valence electrons. The highest BCUT2D eigenvalue weighted by atomic mass is 16.5. The van der Waals surface area contributed by atoms with Crippen LogP contribution < -0.4 is 29.2 Å². The van der Waals surface area contributed by atoms with E-state index in [1.54, 1.807) is 44.6 Å². The number of hydrogen-bond donors (Lipinski definition) is 1. The van der Waals surface area contributed by atoms with Crippen LogP contribution in [0.15, 0.2) is 61.1 Å². The molecule has 0 amide bonds. The molecular formula is C32H31N7O4. The number of hydrogen-bond acceptors (Lipinski definition) is 11. The zero-order valence-corrected chi connectivity index (χ0v) is 24.8. The van der Waals surface area contributed by atoms with Gasteiger partial charge < -0.3 is 29.2 Å². The minimum Gasteiger partial charge on any atom is -0.497 e. The summed E-state index contributed by atoms with van der Waals surface area (Å²) in [7, 11) is 6.67. The lowest BCUT2D eigenvalue weighted by Crippen LogP contribution is -2.14. The van der Waals surface area contributed by atoms with Gasteiger partial charge in [-0.1, -0.05) is 6.07 Å². The number of ether oxygens (including phenoxy) is 4. The molecule has 0 atom stereocenters. The Bertz CT molecular complexity index is 1840. The first-order valence-electron chi connectivity index (χ1n) is 13.4. The van der Waals surface area contributed by atoms with Crippen molar-refractivity contribution in [3.63, 3.8) is 0 Å². The van der Waals surface area contributed by atoms with Crippen LogP contribution in [0, 0.1) is 25.2 Å². The molecule has 0 saturated carbocycles. The number of nitriles is 1. The van der Waals surface area contributed by atoms with E-state index in [4.69, 9.17) is 23.9 Å². The third kappa shape index (κ3) is 5.90. The Balaban J connectivity index is 1.63. The number of nitrogens with one attached hydrogen (secondary N) is 1. The second-order valence-electron chi connectivity index (χ2n) is 9.65. The summed E-state index contributed by atoms with van der Waals surface area (Å²) in [5.74, 6) is 4.57. The molecule has 3 heterocycles. The quantitative estimate of drug-likeness (QED) is 0.207. The number of anilines is 3. The van der Waals surface area contributed by atoms with Crippen LogP contribution in [0.4, 0.5) is 17.5 Å². The van der Waals surface area contributed by atoms with Gasteiger partial charge in [-0.05, 0) is 49.7 Å². The SMILES string of the molecule is COc1ccc(CNc2ncnc3cc(N(C)c4cc(C#N)ccn4)nc(Oc4c(C)ccc(OC)c4C)c23)c(OC)c1. The van der Waals surface area contributed by atoms with Gasteiger partial charge in [-0.25, -0.2) is 15.0 Å². The Labute approximate surface area is 249 Å². The summed E-state index contributed by atoms with van der Waals surface area (Å²) in [5, 5.41) is 13.4. The van der Waals surface area contributed by atoms with Crippen LogP contribution in [0.25, 0.3) is 10.9 Å². The van der Waals surface area contributed by atoms with Crippen LogP contribution >= 0.6 is 0 Å². The number of benzene rings is 2. The van der Waals surface area contributed by atoms with Gasteiger partial charge in [0.25, 0.3) is 0 Å². The second-order valence-corrected chi connectivity index (χ2v) is 9.65. The molecule has 0 radical (unpaired) electrons. The fourth-order valence-electron chi connectivity index (χ4n) is 4.66. The summed E-state index contributed by atoms with van der Waals surface area (Å²) >= 11 is 0. The molecule has 11 nitrogen and oxygen atoms in total. The van der Waals surface area contributed by atoms with Gasteiger partial charge in [0.2, 0.25) is 5.88 Å². The van der Waals surface area contributed by atoms with Crippen molar-refractivity contribution in [3.05, 3.63) is 83.3 Å². The van der Waals surface area contributed by atoms with E-state index >= 15 is 0 Å². The molecule has 0 bridgehead atoms. The molecule has 2 aromatic carbocycles. The van der Waals surface area contributed by atoms with Gasteiger partial charge in [0, 0.05) is 43.0 Å². The smallest absolute Gasteiger partial charge is 0.234 e. The van der Waals surface area contributed by atoms with Crippen LogP contribution in [0.3, 0.4) is 0 Å². The van der Waals surface area contributed by atoms with Crippen LogP contribution in [0.1, 0.15) is 22.3 Å². The van der Waals surface area contributed by atoms with Gasteiger partial charge in [-0.2, -0.15) is 10.2 Å². The maximum absolute atomic E-state index is 9.40. The lowest BCUT2D eigenvalue weighted by atomic mass is 10.1. The van der Waals surface area contributed by atoms with Crippen molar-refractivity contribution in [1.29, 1.82) is 5.26 Å². The standard InChI is InChI=1S/C32H31N7O4/c1-19-7-10-25(41-5)20(2)30(19)43-32-29-24(15-28(38-32)39(3)27-13-21(16-33)11-12-34-27)36-18-37-31(29)35-17-22-8-9-23(40-4)14-26(22)42-6/h7-15,18H,17H2,1-6H3,(H,35,36,37). The fourth-order valence-corrected chi connectivity index (χ4v) is 4.66. The van der Waals surface area contributed by atoms with Crippen molar-refractivity contribution in [2.45, 2.75) is 20.4 Å². The molecule has 0 saturated heterocycles. The monoisotopic (exact) mass is 577 g/mol. The van der Waals surface area contributed by atoms with E-state index in [2.05, 4.69) is 26.3 Å². The Morgan fingerprint density at radius 3 is 2.44 bits per heavy atom. The summed E-state index contributed by atoms with van der Waals surface area (Å²) in [5.41, 5.74) is 3.73. The van der Waals surface area contributed by atoms with Gasteiger partial charge in [0.1, 0.15) is 52.2 Å². The molecule has 11 heteroatoms. The summed E-state index contributed by atoms with van der Waals surface area (Å²) in [6.07, 6.45) is 3.07. The first kappa shape index (κ1) is 28.9. The lowest BCUT2D eigenvalue weighted by molar-refractivity contribution is 0.391. The molecular weight excluding hydrogens is 546 g/mol. The van der Waals surface area contributed by atoms with Crippen molar-refractivity contribution in [1.82, 2.24) is 19.9 Å². The number of fused-ring (bicyclic) bond motifs is 1. The third-order valence-corrected chi connectivity index (χ3v) is 7.05. The molecule has 5 rings (SSSR count). The highest BCUT2D eigenvalue weighted by Crippen LogP contribution is 2.39. The molecule has 0 fully saturated rings.